The van der Waals surface area contributed by atoms with Gasteiger partial charge in [-0.2, -0.15) is 11.3 Å². The Morgan fingerprint density at radius 1 is 0.355 bits per heavy atom. The molecule has 1 aliphatic carbocycles. The molecule has 712 valence electrons. The molecule has 1 fully saturated rings. The number of fused-ring (bicyclic) bond motifs is 6. The molecule has 0 unspecified atom stereocenters. The lowest BCUT2D eigenvalue weighted by molar-refractivity contribution is -0.117. The van der Waals surface area contributed by atoms with Gasteiger partial charge in [-0.25, -0.2) is 37.9 Å². The summed E-state index contributed by atoms with van der Waals surface area (Å²) in [7, 11) is 0. The Morgan fingerprint density at radius 2 is 0.801 bits per heavy atom. The maximum Gasteiger partial charge on any atom is 0.276 e. The zero-order valence-corrected chi connectivity index (χ0v) is 79.5. The minimum Gasteiger partial charge on any atom is -0.457 e. The normalized spacial score (nSPS) is 11.2. The maximum atomic E-state index is 11.9. The Hall–Kier alpha value is -16.3. The van der Waals surface area contributed by atoms with Gasteiger partial charge in [0.05, 0.1) is 77.9 Å². The molecule has 30 nitrogen and oxygen atoms in total. The number of nitrogens with zero attached hydrogens (tertiary/aromatic N) is 8. The second-order valence-corrected chi connectivity index (χ2v) is 34.9. The number of anilines is 1. The molecule has 9 heterocycles. The van der Waals surface area contributed by atoms with Gasteiger partial charge < -0.3 is 14.8 Å². The molecule has 9 aromatic heterocycles. The zero-order valence-electron chi connectivity index (χ0n) is 77.2. The first-order chi connectivity index (χ1) is 68.1. The van der Waals surface area contributed by atoms with E-state index in [2.05, 4.69) is 98.4 Å². The average Bonchev–Trinajstić information content (AvgIpc) is 0.931. The third-order valence-corrected chi connectivity index (χ3v) is 24.1. The van der Waals surface area contributed by atoms with Crippen molar-refractivity contribution in [3.8, 4) is 34.1 Å². The highest BCUT2D eigenvalue weighted by molar-refractivity contribution is 7.08. The quantitative estimate of drug-likeness (QED) is 0.0235. The average molecular weight is 1950 g/mol. The molecule has 7 amide bonds. The van der Waals surface area contributed by atoms with E-state index < -0.39 is 35.4 Å². The number of thiophene rings is 1. The minimum absolute atomic E-state index is 0.0213. The van der Waals surface area contributed by atoms with E-state index in [4.69, 9.17) is 63.9 Å². The molecular formula is C108H95Cl2N15O15S. The van der Waals surface area contributed by atoms with E-state index in [1.807, 2.05) is 132 Å². The second-order valence-electron chi connectivity index (χ2n) is 33.2. The van der Waals surface area contributed by atoms with Crippen molar-refractivity contribution in [2.75, 3.05) is 5.32 Å². The van der Waals surface area contributed by atoms with Crippen LogP contribution in [0.2, 0.25) is 10.0 Å². The topological polar surface area (TPSA) is 447 Å². The predicted molar refractivity (Wildman–Crippen MR) is 539 cm³/mol. The summed E-state index contributed by atoms with van der Waals surface area (Å²) < 4.78 is 11.8. The number of nitrogens with one attached hydrogen (secondary N) is 7. The largest absolute Gasteiger partial charge is 0.457 e. The van der Waals surface area contributed by atoms with E-state index in [1.54, 1.807) is 162 Å². The summed E-state index contributed by atoms with van der Waals surface area (Å²) in [4.78, 5) is 116. The van der Waals surface area contributed by atoms with Crippen LogP contribution in [0.1, 0.15) is 148 Å². The molecule has 0 bridgehead atoms. The van der Waals surface area contributed by atoms with Gasteiger partial charge in [0, 0.05) is 97.7 Å². The van der Waals surface area contributed by atoms with E-state index in [9.17, 15) is 33.6 Å². The maximum absolute atomic E-state index is 11.9. The summed E-state index contributed by atoms with van der Waals surface area (Å²) in [6.45, 7) is 13.3. The number of aryl methyl sites for hydroxylation is 11. The van der Waals surface area contributed by atoms with Gasteiger partial charge in [-0.3, -0.25) is 99.7 Å². The lowest BCUT2D eigenvalue weighted by Gasteiger charge is -2.11. The number of carbonyl (C=O) groups excluding carboxylic acids is 7. The van der Waals surface area contributed by atoms with Crippen LogP contribution in [0.3, 0.4) is 0 Å². The number of amides is 7. The Balaban J connectivity index is 0.000000135. The van der Waals surface area contributed by atoms with E-state index >= 15 is 0 Å². The van der Waals surface area contributed by atoms with Gasteiger partial charge in [0.15, 0.2) is 0 Å². The van der Waals surface area contributed by atoms with E-state index in [-0.39, 0.29) is 17.4 Å². The molecule has 0 saturated heterocycles. The molecule has 18 aromatic rings. The molecule has 19 rings (SSSR count). The number of aromatic nitrogens is 8. The summed E-state index contributed by atoms with van der Waals surface area (Å²) in [6.07, 6.45) is 17.3. The first kappa shape index (κ1) is 101. The summed E-state index contributed by atoms with van der Waals surface area (Å²) in [5.41, 5.74) is 32.2. The standard InChI is InChI=1S/C20H18N4O4.C20H20N2O2.C18H15ClN2O3.C17H13ClN2O2.C17H15N3O2.C16H14N2O2S/c1-11-6-16(8-13-7-14(20(26)24-27)10-22-18(11)13)28-15-4-5-21-17(9-15)23-19(25)12-2-3-12;1-13-10-16(9-8-15-6-4-3-5-7-15)11-17-12-18(20(23)22-24)14(2)21-19(13)17;1-10-7-15(24-14-5-3-13(19)4-6-14)8-12-9-16(18(22)21-23)11(2)20-17(10)12;1-10-6-12(11-2-4-15(18)5-3-11)7-13-8-14(17(21)20-22)9-19-16(10)13;1-11-6-13(7-12-2-4-18-5-3-12)8-14-9-15(17(21)20-22)10-19-16(11)14;19-16(18-20)14-8-13-7-11(3-4-15(13)17-9-14)1-2-12-5-6-21-10-12/h4-10,12,27H,2-3H2,1H3,(H,24,26)(H,21,23,25);3-7,10-12,24H,8-9H2,1-2H3,(H,22,23);3-9,23H,1-2H3,(H,21,22);2-9,22H,1H3,(H,20,21);2-6,8-10,22H,7H2,1H3,(H,20,21);3-10,20H,1-2H2,(H,18,19). The van der Waals surface area contributed by atoms with Crippen LogP contribution in [-0.4, -0.2) is 112 Å². The van der Waals surface area contributed by atoms with Crippen molar-refractivity contribution >= 4 is 147 Å². The highest BCUT2D eigenvalue weighted by Crippen LogP contribution is 2.36. The molecule has 0 spiro atoms. The second kappa shape index (κ2) is 47.1. The fraction of sp³-hybridized carbons (Fsp3) is 0.139. The third-order valence-electron chi connectivity index (χ3n) is 22.9. The summed E-state index contributed by atoms with van der Waals surface area (Å²) in [5.74, 6) is -0.578. The number of ether oxygens (including phenoxy) is 2. The van der Waals surface area contributed by atoms with Crippen molar-refractivity contribution in [3.05, 3.63) is 395 Å². The van der Waals surface area contributed by atoms with Gasteiger partial charge in [-0.05, 0) is 334 Å². The molecule has 13 N–H and O–H groups in total. The van der Waals surface area contributed by atoms with Crippen molar-refractivity contribution in [1.29, 1.82) is 0 Å². The number of benzene rings is 9. The summed E-state index contributed by atoms with van der Waals surface area (Å²) >= 11 is 13.5. The van der Waals surface area contributed by atoms with Gasteiger partial charge in [-0.1, -0.05) is 83.9 Å². The number of rotatable bonds is 21. The van der Waals surface area contributed by atoms with Crippen LogP contribution in [0.5, 0.6) is 23.0 Å². The van der Waals surface area contributed by atoms with Crippen LogP contribution in [0.4, 0.5) is 5.82 Å². The molecule has 9 aromatic carbocycles. The van der Waals surface area contributed by atoms with Crippen LogP contribution in [-0.2, 0) is 36.9 Å². The number of halogens is 2. The summed E-state index contributed by atoms with van der Waals surface area (Å²) in [5, 5.41) is 66.0. The Bertz CT molecular complexity index is 7690. The van der Waals surface area contributed by atoms with E-state index in [0.717, 1.165) is 149 Å². The lowest BCUT2D eigenvalue weighted by Crippen LogP contribution is -2.20. The van der Waals surface area contributed by atoms with E-state index in [1.165, 1.54) is 52.6 Å². The van der Waals surface area contributed by atoms with Gasteiger partial charge in [-0.15, -0.1) is 0 Å². The summed E-state index contributed by atoms with van der Waals surface area (Å²) in [6, 6.07) is 70.4. The van der Waals surface area contributed by atoms with Crippen molar-refractivity contribution < 1.29 is 74.3 Å². The lowest BCUT2D eigenvalue weighted by atomic mass is 9.99. The van der Waals surface area contributed by atoms with Gasteiger partial charge in [0.2, 0.25) is 5.91 Å². The molecule has 1 aliphatic rings. The molecule has 141 heavy (non-hydrogen) atoms. The molecular weight excluding hydrogens is 1850 g/mol. The number of hydrogen-bond acceptors (Lipinski definition) is 24. The fourth-order valence-corrected chi connectivity index (χ4v) is 16.6. The van der Waals surface area contributed by atoms with Gasteiger partial charge in [0.1, 0.15) is 28.8 Å². The Kier molecular flexibility index (Phi) is 33.6. The highest BCUT2D eigenvalue weighted by atomic mass is 35.5. The smallest absolute Gasteiger partial charge is 0.276 e. The fourth-order valence-electron chi connectivity index (χ4n) is 15.6. The number of hydroxylamine groups is 6. The highest BCUT2D eigenvalue weighted by Gasteiger charge is 2.30. The van der Waals surface area contributed by atoms with Gasteiger partial charge >= 0.3 is 0 Å². The van der Waals surface area contributed by atoms with Gasteiger partial charge in [0.25, 0.3) is 35.4 Å². The third kappa shape index (κ3) is 26.5. The molecule has 0 aliphatic heterocycles. The molecule has 1 saturated carbocycles. The molecule has 33 heteroatoms. The van der Waals surface area contributed by atoms with Crippen LogP contribution in [0, 0.1) is 54.4 Å². The Morgan fingerprint density at radius 3 is 1.35 bits per heavy atom. The first-order valence-corrected chi connectivity index (χ1v) is 46.0. The van der Waals surface area contributed by atoms with Crippen LogP contribution in [0.25, 0.3) is 76.5 Å². The predicted octanol–water partition coefficient (Wildman–Crippen LogP) is 21.2. The Labute approximate surface area is 822 Å². The zero-order chi connectivity index (χ0) is 99.9. The first-order valence-electron chi connectivity index (χ1n) is 44.3. The van der Waals surface area contributed by atoms with Crippen molar-refractivity contribution in [2.24, 2.45) is 5.92 Å². The van der Waals surface area contributed by atoms with Crippen molar-refractivity contribution in [2.45, 2.75) is 93.4 Å². The number of pyridine rings is 8. The van der Waals surface area contributed by atoms with Crippen LogP contribution in [0.15, 0.2) is 279 Å². The monoisotopic (exact) mass is 1940 g/mol. The van der Waals surface area contributed by atoms with E-state index in [0.29, 0.717) is 83.5 Å². The minimum atomic E-state index is -0.636. The van der Waals surface area contributed by atoms with Crippen LogP contribution < -0.4 is 47.7 Å². The SMILES string of the molecule is Cc1cc(-c2ccc(Cl)cc2)cc2cc(C(=O)NO)cnc12.Cc1cc(Cc2ccncc2)cc2cc(C(=O)NO)cnc12.Cc1cc(Oc2ccnc(NC(=O)C3CC3)c2)cc2cc(C(=O)NO)cnc12.Cc1nc2c(C)cc(CCc3ccccc3)cc2cc1C(=O)NO.Cc1nc2c(C)cc(Oc3ccc(Cl)cc3)cc2cc1C(=O)NO.O=C(NO)c1cnc2ccc(CCc3ccsc3)cc2c1. The van der Waals surface area contributed by atoms with Crippen molar-refractivity contribution in [3.63, 3.8) is 0 Å². The number of hydrogen-bond donors (Lipinski definition) is 13. The molecule has 0 atom stereocenters. The molecule has 0 radical (unpaired) electrons. The van der Waals surface area contributed by atoms with Crippen molar-refractivity contribution in [1.82, 2.24) is 72.8 Å². The van der Waals surface area contributed by atoms with Crippen LogP contribution >= 0.6 is 34.5 Å². The number of carbonyl (C=O) groups is 7.